The van der Waals surface area contributed by atoms with E-state index in [-0.39, 0.29) is 0 Å². The van der Waals surface area contributed by atoms with Crippen molar-refractivity contribution in [2.24, 2.45) is 0 Å². The van der Waals surface area contributed by atoms with Crippen LogP contribution in [0.4, 0.5) is 5.69 Å². The minimum absolute atomic E-state index is 0.780. The highest BCUT2D eigenvalue weighted by Gasteiger charge is 2.17. The molecule has 2 aromatic rings. The average molecular weight is 430 g/mol. The Kier molecular flexibility index (Phi) is 3.98. The molecule has 19 heavy (non-hydrogen) atoms. The fourth-order valence-electron chi connectivity index (χ4n) is 2.24. The molecule has 0 amide bonds. The molecule has 1 N–H and O–H groups in total. The van der Waals surface area contributed by atoms with E-state index < -0.39 is 0 Å². The standard InChI is InChI=1S/C15H13BrINO/c16-12-7-10-5-6-19-15(10)11(8-12)9-18-14-3-1-13(17)2-4-14/h1-4,7-8,18H,5-6,9H2. The van der Waals surface area contributed by atoms with Gasteiger partial charge in [-0.1, -0.05) is 15.9 Å². The monoisotopic (exact) mass is 429 g/mol. The number of hydrogen-bond acceptors (Lipinski definition) is 2. The Balaban J connectivity index is 1.78. The first-order chi connectivity index (χ1) is 9.22. The smallest absolute Gasteiger partial charge is 0.127 e. The quantitative estimate of drug-likeness (QED) is 0.720. The molecule has 0 spiro atoms. The summed E-state index contributed by atoms with van der Waals surface area (Å²) >= 11 is 5.88. The molecule has 0 bridgehead atoms. The summed E-state index contributed by atoms with van der Waals surface area (Å²) in [6.45, 7) is 1.57. The van der Waals surface area contributed by atoms with E-state index in [2.05, 4.69) is 80.2 Å². The minimum Gasteiger partial charge on any atom is -0.493 e. The van der Waals surface area contributed by atoms with Gasteiger partial charge in [0.2, 0.25) is 0 Å². The fraction of sp³-hybridized carbons (Fsp3) is 0.200. The highest BCUT2D eigenvalue weighted by Crippen LogP contribution is 2.33. The van der Waals surface area contributed by atoms with Gasteiger partial charge in [-0.3, -0.25) is 0 Å². The van der Waals surface area contributed by atoms with E-state index in [1.54, 1.807) is 0 Å². The molecule has 1 aliphatic heterocycles. The number of rotatable bonds is 3. The van der Waals surface area contributed by atoms with Crippen LogP contribution in [0.15, 0.2) is 40.9 Å². The van der Waals surface area contributed by atoms with Crippen molar-refractivity contribution < 1.29 is 4.74 Å². The second kappa shape index (κ2) is 5.71. The van der Waals surface area contributed by atoms with Crippen LogP contribution in [-0.2, 0) is 13.0 Å². The second-order valence-corrected chi connectivity index (χ2v) is 6.67. The second-order valence-electron chi connectivity index (χ2n) is 4.51. The summed E-state index contributed by atoms with van der Waals surface area (Å²) < 4.78 is 8.10. The van der Waals surface area contributed by atoms with Gasteiger partial charge < -0.3 is 10.1 Å². The van der Waals surface area contributed by atoms with Gasteiger partial charge in [0.25, 0.3) is 0 Å². The van der Waals surface area contributed by atoms with Gasteiger partial charge in [0.1, 0.15) is 5.75 Å². The number of hydrogen-bond donors (Lipinski definition) is 1. The molecule has 0 radical (unpaired) electrons. The van der Waals surface area contributed by atoms with Gasteiger partial charge in [-0.15, -0.1) is 0 Å². The molecule has 1 heterocycles. The van der Waals surface area contributed by atoms with Crippen molar-refractivity contribution in [1.82, 2.24) is 0 Å². The predicted molar refractivity (Wildman–Crippen MR) is 89.8 cm³/mol. The molecule has 0 fully saturated rings. The van der Waals surface area contributed by atoms with Crippen LogP contribution in [0.2, 0.25) is 0 Å². The molecule has 2 aromatic carbocycles. The third-order valence-corrected chi connectivity index (χ3v) is 4.33. The van der Waals surface area contributed by atoms with Crippen molar-refractivity contribution in [1.29, 1.82) is 0 Å². The third kappa shape index (κ3) is 3.05. The number of nitrogens with one attached hydrogen (secondary N) is 1. The average Bonchev–Trinajstić information content (AvgIpc) is 2.85. The first kappa shape index (κ1) is 13.2. The summed E-state index contributed by atoms with van der Waals surface area (Å²) in [7, 11) is 0. The summed E-state index contributed by atoms with van der Waals surface area (Å²) in [6.07, 6.45) is 1.01. The van der Waals surface area contributed by atoms with E-state index in [0.29, 0.717) is 0 Å². The number of halogens is 2. The number of ether oxygens (including phenoxy) is 1. The Morgan fingerprint density at radius 2 is 2.00 bits per heavy atom. The number of benzene rings is 2. The van der Waals surface area contributed by atoms with Crippen molar-refractivity contribution in [2.75, 3.05) is 11.9 Å². The molecule has 4 heteroatoms. The summed E-state index contributed by atoms with van der Waals surface area (Å²) in [6, 6.07) is 12.7. The molecule has 0 aromatic heterocycles. The highest BCUT2D eigenvalue weighted by atomic mass is 127. The zero-order valence-electron chi connectivity index (χ0n) is 10.2. The lowest BCUT2D eigenvalue weighted by atomic mass is 10.1. The van der Waals surface area contributed by atoms with E-state index in [1.807, 2.05) is 0 Å². The SMILES string of the molecule is Brc1cc2c(c(CNc3ccc(I)cc3)c1)OCC2. The molecule has 0 unspecified atom stereocenters. The van der Waals surface area contributed by atoms with Gasteiger partial charge in [0.15, 0.2) is 0 Å². The normalized spacial score (nSPS) is 12.9. The molecular formula is C15H13BrINO. The fourth-order valence-corrected chi connectivity index (χ4v) is 3.15. The molecule has 98 valence electrons. The maximum Gasteiger partial charge on any atom is 0.127 e. The maximum atomic E-state index is 5.73. The summed E-state index contributed by atoms with van der Waals surface area (Å²) in [5, 5.41) is 3.44. The molecule has 0 saturated heterocycles. The lowest BCUT2D eigenvalue weighted by Crippen LogP contribution is -2.01. The van der Waals surface area contributed by atoms with E-state index in [0.717, 1.165) is 35.5 Å². The minimum atomic E-state index is 0.780. The topological polar surface area (TPSA) is 21.3 Å². The van der Waals surface area contributed by atoms with E-state index in [1.165, 1.54) is 14.7 Å². The van der Waals surface area contributed by atoms with Gasteiger partial charge in [-0.05, 0) is 64.6 Å². The van der Waals surface area contributed by atoms with Gasteiger partial charge in [0, 0.05) is 32.3 Å². The van der Waals surface area contributed by atoms with Gasteiger partial charge in [-0.25, -0.2) is 0 Å². The molecule has 0 atom stereocenters. The van der Waals surface area contributed by atoms with Gasteiger partial charge in [-0.2, -0.15) is 0 Å². The number of fused-ring (bicyclic) bond motifs is 1. The third-order valence-electron chi connectivity index (χ3n) is 3.15. The first-order valence-electron chi connectivity index (χ1n) is 6.16. The van der Waals surface area contributed by atoms with Crippen LogP contribution in [0, 0.1) is 3.57 Å². The van der Waals surface area contributed by atoms with E-state index in [9.17, 15) is 0 Å². The lowest BCUT2D eigenvalue weighted by molar-refractivity contribution is 0.354. The van der Waals surface area contributed by atoms with Crippen molar-refractivity contribution in [3.63, 3.8) is 0 Å². The van der Waals surface area contributed by atoms with Gasteiger partial charge in [0.05, 0.1) is 6.61 Å². The summed E-state index contributed by atoms with van der Waals surface area (Å²) in [4.78, 5) is 0. The van der Waals surface area contributed by atoms with Crippen LogP contribution in [0.1, 0.15) is 11.1 Å². The Labute approximate surface area is 134 Å². The zero-order valence-corrected chi connectivity index (χ0v) is 14.0. The van der Waals surface area contributed by atoms with Crippen molar-refractivity contribution in [2.45, 2.75) is 13.0 Å². The summed E-state index contributed by atoms with van der Waals surface area (Å²) in [5.74, 6) is 1.06. The van der Waals surface area contributed by atoms with Crippen molar-refractivity contribution in [3.05, 3.63) is 55.6 Å². The van der Waals surface area contributed by atoms with Crippen LogP contribution in [0.3, 0.4) is 0 Å². The van der Waals surface area contributed by atoms with E-state index >= 15 is 0 Å². The number of anilines is 1. The first-order valence-corrected chi connectivity index (χ1v) is 8.03. The maximum absolute atomic E-state index is 5.73. The van der Waals surface area contributed by atoms with Gasteiger partial charge >= 0.3 is 0 Å². The Morgan fingerprint density at radius 3 is 2.79 bits per heavy atom. The van der Waals surface area contributed by atoms with E-state index in [4.69, 9.17) is 4.74 Å². The Morgan fingerprint density at radius 1 is 1.21 bits per heavy atom. The molecular weight excluding hydrogens is 417 g/mol. The van der Waals surface area contributed by atoms with Crippen LogP contribution >= 0.6 is 38.5 Å². The lowest BCUT2D eigenvalue weighted by Gasteiger charge is -2.11. The van der Waals surface area contributed by atoms with Crippen LogP contribution in [0.5, 0.6) is 5.75 Å². The van der Waals surface area contributed by atoms with Crippen molar-refractivity contribution >= 4 is 44.2 Å². The largest absolute Gasteiger partial charge is 0.493 e. The van der Waals surface area contributed by atoms with Crippen molar-refractivity contribution in [3.8, 4) is 5.75 Å². The Bertz CT molecular complexity index is 598. The van der Waals surface area contributed by atoms with Crippen LogP contribution < -0.4 is 10.1 Å². The molecule has 0 aliphatic carbocycles. The molecule has 1 aliphatic rings. The highest BCUT2D eigenvalue weighted by molar-refractivity contribution is 14.1. The molecule has 2 nitrogen and oxygen atoms in total. The summed E-state index contributed by atoms with van der Waals surface area (Å²) in [5.41, 5.74) is 3.64. The van der Waals surface area contributed by atoms with Crippen LogP contribution in [-0.4, -0.2) is 6.61 Å². The zero-order chi connectivity index (χ0) is 13.2. The molecule has 0 saturated carbocycles. The van der Waals surface area contributed by atoms with Crippen LogP contribution in [0.25, 0.3) is 0 Å². The predicted octanol–water partition coefficient (Wildman–Crippen LogP) is 4.60. The Hall–Kier alpha value is -0.750. The molecule has 3 rings (SSSR count).